The zero-order chi connectivity index (χ0) is 14.1. The summed E-state index contributed by atoms with van der Waals surface area (Å²) in [6, 6.07) is 8.46. The van der Waals surface area contributed by atoms with Gasteiger partial charge in [-0.25, -0.2) is 0 Å². The molecule has 1 aromatic carbocycles. The summed E-state index contributed by atoms with van der Waals surface area (Å²) in [6.45, 7) is 6.43. The zero-order valence-electron chi connectivity index (χ0n) is 12.3. The van der Waals surface area contributed by atoms with Crippen LogP contribution in [-0.4, -0.2) is 29.6 Å². The third-order valence-corrected chi connectivity index (χ3v) is 5.93. The number of carbonyl (C=O) groups is 1. The van der Waals surface area contributed by atoms with E-state index in [2.05, 4.69) is 43.0 Å². The van der Waals surface area contributed by atoms with Crippen LogP contribution in [0.4, 0.5) is 0 Å². The summed E-state index contributed by atoms with van der Waals surface area (Å²) in [5, 5.41) is 0.0332. The van der Waals surface area contributed by atoms with Crippen molar-refractivity contribution in [1.82, 2.24) is 4.90 Å². The summed E-state index contributed by atoms with van der Waals surface area (Å²) >= 11 is 1.82. The molecule has 108 valence electrons. The van der Waals surface area contributed by atoms with Crippen molar-refractivity contribution in [3.05, 3.63) is 35.4 Å². The number of amides is 1. The number of thioether (sulfide) groups is 1. The van der Waals surface area contributed by atoms with Gasteiger partial charge in [0.1, 0.15) is 5.25 Å². The summed E-state index contributed by atoms with van der Waals surface area (Å²) < 4.78 is 0. The van der Waals surface area contributed by atoms with Gasteiger partial charge < -0.3 is 4.90 Å². The van der Waals surface area contributed by atoms with Crippen molar-refractivity contribution in [3.8, 4) is 0 Å². The molecule has 20 heavy (non-hydrogen) atoms. The van der Waals surface area contributed by atoms with Crippen LogP contribution in [0.5, 0.6) is 0 Å². The van der Waals surface area contributed by atoms with Gasteiger partial charge in [-0.2, -0.15) is 0 Å². The normalized spacial score (nSPS) is 25.9. The highest BCUT2D eigenvalue weighted by molar-refractivity contribution is 8.00. The van der Waals surface area contributed by atoms with Gasteiger partial charge in [0.05, 0.1) is 0 Å². The van der Waals surface area contributed by atoms with E-state index in [-0.39, 0.29) is 5.25 Å². The molecule has 2 aliphatic rings. The fourth-order valence-corrected chi connectivity index (χ4v) is 4.57. The molecule has 2 heterocycles. The fourth-order valence-electron chi connectivity index (χ4n) is 3.30. The number of hydrogen-bond donors (Lipinski definition) is 0. The molecule has 1 saturated heterocycles. The Balaban J connectivity index is 1.76. The van der Waals surface area contributed by atoms with Crippen molar-refractivity contribution in [1.29, 1.82) is 0 Å². The largest absolute Gasteiger partial charge is 0.341 e. The lowest BCUT2D eigenvalue weighted by Gasteiger charge is -2.28. The molecule has 0 saturated carbocycles. The molecule has 0 unspecified atom stereocenters. The van der Waals surface area contributed by atoms with Gasteiger partial charge in [0.25, 0.3) is 0 Å². The molecule has 1 aromatic rings. The molecule has 0 spiro atoms. The Labute approximate surface area is 125 Å². The molecule has 0 radical (unpaired) electrons. The topological polar surface area (TPSA) is 20.3 Å². The van der Waals surface area contributed by atoms with E-state index in [9.17, 15) is 4.79 Å². The lowest BCUT2D eigenvalue weighted by Crippen LogP contribution is -2.34. The van der Waals surface area contributed by atoms with E-state index in [0.29, 0.717) is 17.7 Å². The van der Waals surface area contributed by atoms with Crippen LogP contribution in [0.15, 0.2) is 24.3 Å². The third-order valence-electron chi connectivity index (χ3n) is 4.70. The van der Waals surface area contributed by atoms with Crippen LogP contribution in [-0.2, 0) is 11.2 Å². The van der Waals surface area contributed by atoms with Crippen molar-refractivity contribution in [2.24, 2.45) is 11.8 Å². The first-order valence-corrected chi connectivity index (χ1v) is 8.70. The lowest BCUT2D eigenvalue weighted by atomic mass is 9.95. The maximum absolute atomic E-state index is 12.8. The molecule has 2 aliphatic heterocycles. The number of hydrogen-bond acceptors (Lipinski definition) is 2. The maximum Gasteiger partial charge on any atom is 0.240 e. The maximum atomic E-state index is 12.8. The molecule has 2 atom stereocenters. The van der Waals surface area contributed by atoms with Crippen LogP contribution in [0.1, 0.15) is 36.6 Å². The van der Waals surface area contributed by atoms with Crippen LogP contribution in [0, 0.1) is 11.8 Å². The molecular weight excluding hydrogens is 266 g/mol. The van der Waals surface area contributed by atoms with Gasteiger partial charge in [0.15, 0.2) is 0 Å². The molecule has 1 fully saturated rings. The van der Waals surface area contributed by atoms with E-state index >= 15 is 0 Å². The van der Waals surface area contributed by atoms with Gasteiger partial charge in [-0.05, 0) is 41.6 Å². The first-order valence-electron chi connectivity index (χ1n) is 7.65. The van der Waals surface area contributed by atoms with Gasteiger partial charge >= 0.3 is 0 Å². The number of nitrogens with zero attached hydrogens (tertiary/aromatic N) is 1. The molecule has 0 bridgehead atoms. The summed E-state index contributed by atoms with van der Waals surface area (Å²) in [5.41, 5.74) is 2.62. The lowest BCUT2D eigenvalue weighted by molar-refractivity contribution is -0.129. The standard InChI is InChI=1S/C17H23NOS/c1-12(2)14-7-9-18(11-14)17(19)16-15-6-4-3-5-13(15)8-10-20-16/h3-6,12,14,16H,7-11H2,1-2H3/t14-,16-/m0/s1. The zero-order valence-corrected chi connectivity index (χ0v) is 13.2. The number of likely N-dealkylation sites (tertiary alicyclic amines) is 1. The van der Waals surface area contributed by atoms with E-state index in [4.69, 9.17) is 0 Å². The summed E-state index contributed by atoms with van der Waals surface area (Å²) in [5.74, 6) is 2.77. The number of aryl methyl sites for hydroxylation is 1. The molecule has 0 N–H and O–H groups in total. The average Bonchev–Trinajstić information content (AvgIpc) is 2.96. The molecular formula is C17H23NOS. The Hall–Kier alpha value is -0.960. The number of rotatable bonds is 2. The Morgan fingerprint density at radius 2 is 2.15 bits per heavy atom. The van der Waals surface area contributed by atoms with Gasteiger partial charge in [-0.3, -0.25) is 4.79 Å². The average molecular weight is 289 g/mol. The van der Waals surface area contributed by atoms with Crippen molar-refractivity contribution in [2.45, 2.75) is 31.9 Å². The van der Waals surface area contributed by atoms with Gasteiger partial charge in [-0.15, -0.1) is 11.8 Å². The molecule has 3 heteroatoms. The van der Waals surface area contributed by atoms with E-state index in [1.807, 2.05) is 11.8 Å². The molecule has 2 nitrogen and oxygen atoms in total. The minimum absolute atomic E-state index is 0.0332. The minimum atomic E-state index is 0.0332. The molecule has 0 aromatic heterocycles. The van der Waals surface area contributed by atoms with Crippen LogP contribution in [0.3, 0.4) is 0 Å². The predicted molar refractivity (Wildman–Crippen MR) is 84.9 cm³/mol. The first-order chi connectivity index (χ1) is 9.66. The molecule has 1 amide bonds. The predicted octanol–water partition coefficient (Wildman–Crippen LogP) is 3.52. The second kappa shape index (κ2) is 5.80. The molecule has 0 aliphatic carbocycles. The van der Waals surface area contributed by atoms with Crippen molar-refractivity contribution in [2.75, 3.05) is 18.8 Å². The first kappa shape index (κ1) is 14.0. The van der Waals surface area contributed by atoms with Gasteiger partial charge in [0.2, 0.25) is 5.91 Å². The van der Waals surface area contributed by atoms with E-state index in [0.717, 1.165) is 25.3 Å². The fraction of sp³-hybridized carbons (Fsp3) is 0.588. The highest BCUT2D eigenvalue weighted by atomic mass is 32.2. The Morgan fingerprint density at radius 3 is 2.90 bits per heavy atom. The van der Waals surface area contributed by atoms with Crippen molar-refractivity contribution < 1.29 is 4.79 Å². The van der Waals surface area contributed by atoms with Crippen LogP contribution < -0.4 is 0 Å². The smallest absolute Gasteiger partial charge is 0.240 e. The monoisotopic (exact) mass is 289 g/mol. The highest BCUT2D eigenvalue weighted by Gasteiger charge is 2.34. The minimum Gasteiger partial charge on any atom is -0.341 e. The quantitative estimate of drug-likeness (QED) is 0.830. The summed E-state index contributed by atoms with van der Waals surface area (Å²) in [7, 11) is 0. The Bertz CT molecular complexity index is 500. The number of carbonyl (C=O) groups excluding carboxylic acids is 1. The Morgan fingerprint density at radius 1 is 1.35 bits per heavy atom. The van der Waals surface area contributed by atoms with Crippen molar-refractivity contribution in [3.63, 3.8) is 0 Å². The van der Waals surface area contributed by atoms with E-state index in [1.165, 1.54) is 17.5 Å². The second-order valence-electron chi connectivity index (χ2n) is 6.28. The summed E-state index contributed by atoms with van der Waals surface area (Å²) in [6.07, 6.45) is 2.27. The number of fused-ring (bicyclic) bond motifs is 1. The number of benzene rings is 1. The second-order valence-corrected chi connectivity index (χ2v) is 7.49. The van der Waals surface area contributed by atoms with E-state index < -0.39 is 0 Å². The SMILES string of the molecule is CC(C)[C@H]1CCN(C(=O)[C@H]2SCCc3ccccc32)C1. The van der Waals surface area contributed by atoms with E-state index in [1.54, 1.807) is 0 Å². The third kappa shape index (κ3) is 2.60. The van der Waals surface area contributed by atoms with Crippen LogP contribution >= 0.6 is 11.8 Å². The molecule has 3 rings (SSSR count). The van der Waals surface area contributed by atoms with Crippen LogP contribution in [0.25, 0.3) is 0 Å². The van der Waals surface area contributed by atoms with Crippen LogP contribution in [0.2, 0.25) is 0 Å². The highest BCUT2D eigenvalue weighted by Crippen LogP contribution is 2.39. The van der Waals surface area contributed by atoms with Crippen molar-refractivity contribution >= 4 is 17.7 Å². The Kier molecular flexibility index (Phi) is 4.06. The summed E-state index contributed by atoms with van der Waals surface area (Å²) in [4.78, 5) is 14.9. The van der Waals surface area contributed by atoms with Gasteiger partial charge in [-0.1, -0.05) is 38.1 Å². The van der Waals surface area contributed by atoms with Gasteiger partial charge in [0, 0.05) is 13.1 Å².